The van der Waals surface area contributed by atoms with Crippen LogP contribution in [0.5, 0.6) is 11.5 Å². The second kappa shape index (κ2) is 10.0. The van der Waals surface area contributed by atoms with Gasteiger partial charge in [-0.3, -0.25) is 0 Å². The minimum atomic E-state index is -0.226. The van der Waals surface area contributed by atoms with Crippen molar-refractivity contribution in [3.63, 3.8) is 0 Å². The molecule has 1 heterocycles. The lowest BCUT2D eigenvalue weighted by Gasteiger charge is -2.19. The first kappa shape index (κ1) is 20.8. The standard InChI is InChI=1S/C22H28FN3O3/c1-28-20-8-3-16(13-21(20)29-2)9-11-24-22(27)25-14-17-10-12-26(15-17)19-6-4-18(23)5-7-19/h3-8,13,17H,9-12,14-15H2,1-2H3,(H2,24,25,27). The Kier molecular flexibility index (Phi) is 7.16. The summed E-state index contributed by atoms with van der Waals surface area (Å²) >= 11 is 0. The Balaban J connectivity index is 1.37. The second-order valence-electron chi connectivity index (χ2n) is 7.15. The van der Waals surface area contributed by atoms with Gasteiger partial charge in [0.05, 0.1) is 14.2 Å². The number of nitrogens with one attached hydrogen (secondary N) is 2. The predicted molar refractivity (Wildman–Crippen MR) is 111 cm³/mol. The van der Waals surface area contributed by atoms with Crippen LogP contribution in [0.25, 0.3) is 0 Å². The second-order valence-corrected chi connectivity index (χ2v) is 7.15. The Bertz CT molecular complexity index is 813. The SMILES string of the molecule is COc1ccc(CCNC(=O)NCC2CCN(c3ccc(F)cc3)C2)cc1OC. The number of methoxy groups -OCH3 is 2. The van der Waals surface area contributed by atoms with Gasteiger partial charge in [-0.05, 0) is 60.7 Å². The number of hydrogen-bond acceptors (Lipinski definition) is 4. The highest BCUT2D eigenvalue weighted by atomic mass is 19.1. The number of nitrogens with zero attached hydrogens (tertiary/aromatic N) is 1. The molecule has 2 aromatic rings. The number of amides is 2. The summed E-state index contributed by atoms with van der Waals surface area (Å²) in [5.74, 6) is 1.53. The number of carbonyl (C=O) groups is 1. The van der Waals surface area contributed by atoms with Gasteiger partial charge in [-0.2, -0.15) is 0 Å². The Hall–Kier alpha value is -2.96. The summed E-state index contributed by atoms with van der Waals surface area (Å²) in [4.78, 5) is 14.3. The zero-order chi connectivity index (χ0) is 20.6. The van der Waals surface area contributed by atoms with E-state index in [1.54, 1.807) is 26.4 Å². The molecular formula is C22H28FN3O3. The molecule has 6 nitrogen and oxygen atoms in total. The molecule has 1 atom stereocenters. The van der Waals surface area contributed by atoms with Crippen molar-refractivity contribution in [2.45, 2.75) is 12.8 Å². The number of ether oxygens (including phenoxy) is 2. The van der Waals surface area contributed by atoms with Crippen LogP contribution < -0.4 is 25.0 Å². The van der Waals surface area contributed by atoms with Crippen molar-refractivity contribution in [2.24, 2.45) is 5.92 Å². The third-order valence-corrected chi connectivity index (χ3v) is 5.18. The Morgan fingerprint density at radius 3 is 2.59 bits per heavy atom. The van der Waals surface area contributed by atoms with E-state index >= 15 is 0 Å². The van der Waals surface area contributed by atoms with E-state index in [0.29, 0.717) is 36.9 Å². The molecule has 0 aliphatic carbocycles. The predicted octanol–water partition coefficient (Wildman–Crippen LogP) is 3.21. The number of rotatable bonds is 8. The van der Waals surface area contributed by atoms with Gasteiger partial charge in [0.25, 0.3) is 0 Å². The molecule has 1 fully saturated rings. The van der Waals surface area contributed by atoms with E-state index < -0.39 is 0 Å². The van der Waals surface area contributed by atoms with Crippen LogP contribution in [0, 0.1) is 11.7 Å². The molecule has 3 rings (SSSR count). The fourth-order valence-electron chi connectivity index (χ4n) is 3.54. The summed E-state index contributed by atoms with van der Waals surface area (Å²) in [6.07, 6.45) is 1.71. The van der Waals surface area contributed by atoms with Crippen molar-refractivity contribution >= 4 is 11.7 Å². The van der Waals surface area contributed by atoms with Crippen LogP contribution in [-0.4, -0.2) is 46.4 Å². The van der Waals surface area contributed by atoms with Gasteiger partial charge >= 0.3 is 6.03 Å². The van der Waals surface area contributed by atoms with Crippen LogP contribution in [0.15, 0.2) is 42.5 Å². The lowest BCUT2D eigenvalue weighted by Crippen LogP contribution is -2.39. The molecule has 1 unspecified atom stereocenters. The minimum Gasteiger partial charge on any atom is -0.493 e. The maximum atomic E-state index is 13.1. The van der Waals surface area contributed by atoms with Crippen LogP contribution in [0.4, 0.5) is 14.9 Å². The van der Waals surface area contributed by atoms with Gasteiger partial charge in [-0.1, -0.05) is 6.07 Å². The van der Waals surface area contributed by atoms with E-state index in [-0.39, 0.29) is 11.8 Å². The summed E-state index contributed by atoms with van der Waals surface area (Å²) in [7, 11) is 3.21. The molecule has 2 aromatic carbocycles. The highest BCUT2D eigenvalue weighted by Gasteiger charge is 2.23. The highest BCUT2D eigenvalue weighted by molar-refractivity contribution is 5.73. The molecule has 0 aromatic heterocycles. The van der Waals surface area contributed by atoms with Gasteiger partial charge in [0.2, 0.25) is 0 Å². The lowest BCUT2D eigenvalue weighted by molar-refractivity contribution is 0.239. The maximum Gasteiger partial charge on any atom is 0.314 e. The number of halogens is 1. The fraction of sp³-hybridized carbons (Fsp3) is 0.409. The quantitative estimate of drug-likeness (QED) is 0.713. The van der Waals surface area contributed by atoms with Crippen LogP contribution in [0.3, 0.4) is 0 Å². The summed E-state index contributed by atoms with van der Waals surface area (Å²) in [6, 6.07) is 12.1. The molecule has 1 aliphatic heterocycles. The molecule has 0 saturated carbocycles. The number of hydrogen-bond donors (Lipinski definition) is 2. The Morgan fingerprint density at radius 2 is 1.86 bits per heavy atom. The molecule has 7 heteroatoms. The van der Waals surface area contributed by atoms with Gasteiger partial charge < -0.3 is 25.0 Å². The number of urea groups is 1. The molecule has 0 spiro atoms. The normalized spacial score (nSPS) is 15.8. The van der Waals surface area contributed by atoms with Crippen LogP contribution in [0.1, 0.15) is 12.0 Å². The average Bonchev–Trinajstić information content (AvgIpc) is 3.21. The highest BCUT2D eigenvalue weighted by Crippen LogP contribution is 2.27. The van der Waals surface area contributed by atoms with Crippen LogP contribution in [-0.2, 0) is 6.42 Å². The van der Waals surface area contributed by atoms with Gasteiger partial charge in [0.15, 0.2) is 11.5 Å². The number of carbonyl (C=O) groups excluding carboxylic acids is 1. The van der Waals surface area contributed by atoms with Crippen molar-refractivity contribution < 1.29 is 18.7 Å². The zero-order valence-electron chi connectivity index (χ0n) is 16.9. The Morgan fingerprint density at radius 1 is 1.10 bits per heavy atom. The molecule has 1 saturated heterocycles. The molecule has 1 aliphatic rings. The van der Waals surface area contributed by atoms with Crippen molar-refractivity contribution in [3.05, 3.63) is 53.8 Å². The van der Waals surface area contributed by atoms with E-state index in [0.717, 1.165) is 30.8 Å². The van der Waals surface area contributed by atoms with Crippen molar-refractivity contribution in [1.29, 1.82) is 0 Å². The van der Waals surface area contributed by atoms with Gasteiger partial charge in [0.1, 0.15) is 5.82 Å². The van der Waals surface area contributed by atoms with E-state index in [4.69, 9.17) is 9.47 Å². The summed E-state index contributed by atoms with van der Waals surface area (Å²) < 4.78 is 23.6. The van der Waals surface area contributed by atoms with Gasteiger partial charge in [0, 0.05) is 31.9 Å². The van der Waals surface area contributed by atoms with Crippen molar-refractivity contribution in [3.8, 4) is 11.5 Å². The average molecular weight is 401 g/mol. The number of anilines is 1. The Labute approximate surface area is 171 Å². The van der Waals surface area contributed by atoms with E-state index in [1.807, 2.05) is 18.2 Å². The van der Waals surface area contributed by atoms with Crippen molar-refractivity contribution in [2.75, 3.05) is 45.3 Å². The molecule has 156 valence electrons. The van der Waals surface area contributed by atoms with Gasteiger partial charge in [-0.25, -0.2) is 9.18 Å². The van der Waals surface area contributed by atoms with Gasteiger partial charge in [-0.15, -0.1) is 0 Å². The summed E-state index contributed by atoms with van der Waals surface area (Å²) in [5, 5.41) is 5.84. The molecule has 2 amide bonds. The first-order chi connectivity index (χ1) is 14.1. The maximum absolute atomic E-state index is 13.1. The molecular weight excluding hydrogens is 373 g/mol. The largest absolute Gasteiger partial charge is 0.493 e. The van der Waals surface area contributed by atoms with E-state index in [9.17, 15) is 9.18 Å². The zero-order valence-corrected chi connectivity index (χ0v) is 16.9. The topological polar surface area (TPSA) is 62.8 Å². The van der Waals surface area contributed by atoms with Crippen LogP contribution in [0.2, 0.25) is 0 Å². The lowest BCUT2D eigenvalue weighted by atomic mass is 10.1. The fourth-order valence-corrected chi connectivity index (χ4v) is 3.54. The van der Waals surface area contributed by atoms with E-state index in [2.05, 4.69) is 15.5 Å². The third-order valence-electron chi connectivity index (χ3n) is 5.18. The molecule has 0 bridgehead atoms. The number of benzene rings is 2. The molecule has 2 N–H and O–H groups in total. The van der Waals surface area contributed by atoms with Crippen molar-refractivity contribution in [1.82, 2.24) is 10.6 Å². The first-order valence-electron chi connectivity index (χ1n) is 9.82. The first-order valence-corrected chi connectivity index (χ1v) is 9.82. The molecule has 29 heavy (non-hydrogen) atoms. The monoisotopic (exact) mass is 401 g/mol. The summed E-state index contributed by atoms with van der Waals surface area (Å²) in [5.41, 5.74) is 2.09. The smallest absolute Gasteiger partial charge is 0.314 e. The van der Waals surface area contributed by atoms with E-state index in [1.165, 1.54) is 12.1 Å². The van der Waals surface area contributed by atoms with Crippen LogP contribution >= 0.6 is 0 Å². The third kappa shape index (κ3) is 5.76. The summed E-state index contributed by atoms with van der Waals surface area (Å²) in [6.45, 7) is 2.93. The molecule has 0 radical (unpaired) electrons. The minimum absolute atomic E-state index is 0.161.